The van der Waals surface area contributed by atoms with E-state index in [1.165, 1.54) is 13.2 Å². The second-order valence-electron chi connectivity index (χ2n) is 4.62. The van der Waals surface area contributed by atoms with E-state index in [4.69, 9.17) is 0 Å². The summed E-state index contributed by atoms with van der Waals surface area (Å²) in [5.74, 6) is -1.40. The Balaban J connectivity index is 2.13. The summed E-state index contributed by atoms with van der Waals surface area (Å²) in [5.41, 5.74) is 2.58. The highest BCUT2D eigenvalue weighted by Gasteiger charge is 2.09. The first-order chi connectivity index (χ1) is 10.0. The van der Waals surface area contributed by atoms with Crippen LogP contribution >= 0.6 is 0 Å². The topological polar surface area (TPSA) is 58.6 Å². The first kappa shape index (κ1) is 14.8. The van der Waals surface area contributed by atoms with Crippen LogP contribution in [0.25, 0.3) is 0 Å². The van der Waals surface area contributed by atoms with Gasteiger partial charge in [-0.05, 0) is 36.8 Å². The number of phenols is 1. The number of phenolic OH excluding ortho intramolecular Hbond substituents is 1. The van der Waals surface area contributed by atoms with Crippen molar-refractivity contribution in [3.63, 3.8) is 0 Å². The van der Waals surface area contributed by atoms with Crippen molar-refractivity contribution in [2.75, 3.05) is 12.4 Å². The lowest BCUT2D eigenvalue weighted by Crippen LogP contribution is -2.05. The van der Waals surface area contributed by atoms with E-state index < -0.39 is 11.8 Å². The van der Waals surface area contributed by atoms with Gasteiger partial charge in [0.15, 0.2) is 11.6 Å². The van der Waals surface area contributed by atoms with Gasteiger partial charge in [0.25, 0.3) is 0 Å². The number of esters is 1. The zero-order valence-corrected chi connectivity index (χ0v) is 11.8. The van der Waals surface area contributed by atoms with E-state index >= 15 is 0 Å². The van der Waals surface area contributed by atoms with Gasteiger partial charge in [0.2, 0.25) is 0 Å². The molecule has 0 aromatic heterocycles. The molecule has 0 fully saturated rings. The highest BCUT2D eigenvalue weighted by molar-refractivity contribution is 5.90. The van der Waals surface area contributed by atoms with Crippen LogP contribution in [0.3, 0.4) is 0 Å². The summed E-state index contributed by atoms with van der Waals surface area (Å²) in [6, 6.07) is 9.49. The number of carbonyl (C=O) groups is 1. The summed E-state index contributed by atoms with van der Waals surface area (Å²) < 4.78 is 17.9. The molecular formula is C16H16FNO3. The van der Waals surface area contributed by atoms with Crippen molar-refractivity contribution in [3.05, 3.63) is 58.9 Å². The number of hydrogen-bond acceptors (Lipinski definition) is 4. The average molecular weight is 289 g/mol. The van der Waals surface area contributed by atoms with Gasteiger partial charge < -0.3 is 15.2 Å². The molecule has 0 heterocycles. The van der Waals surface area contributed by atoms with Crippen LogP contribution in [0.2, 0.25) is 0 Å². The third-order valence-corrected chi connectivity index (χ3v) is 3.19. The lowest BCUT2D eigenvalue weighted by molar-refractivity contribution is 0.0600. The van der Waals surface area contributed by atoms with E-state index in [0.29, 0.717) is 11.1 Å². The largest absolute Gasteiger partial charge is 0.505 e. The summed E-state index contributed by atoms with van der Waals surface area (Å²) in [7, 11) is 1.33. The Bertz CT molecular complexity index is 671. The first-order valence-corrected chi connectivity index (χ1v) is 6.42. The van der Waals surface area contributed by atoms with Crippen LogP contribution in [0.15, 0.2) is 36.4 Å². The molecule has 0 amide bonds. The Morgan fingerprint density at radius 3 is 2.76 bits per heavy atom. The number of aromatic hydroxyl groups is 1. The number of halogens is 1. The number of hydrogen-bond donors (Lipinski definition) is 2. The highest BCUT2D eigenvalue weighted by atomic mass is 19.1. The maximum Gasteiger partial charge on any atom is 0.337 e. The van der Waals surface area contributed by atoms with E-state index in [-0.39, 0.29) is 12.3 Å². The summed E-state index contributed by atoms with van der Waals surface area (Å²) in [4.78, 5) is 11.4. The highest BCUT2D eigenvalue weighted by Crippen LogP contribution is 2.23. The number of ether oxygens (including phenoxy) is 1. The SMILES string of the molecule is COC(=O)c1ccc(NCc2cccc(F)c2O)c(C)c1. The third kappa shape index (κ3) is 3.31. The molecule has 0 bridgehead atoms. The van der Waals surface area contributed by atoms with Gasteiger partial charge in [-0.3, -0.25) is 0 Å². The van der Waals surface area contributed by atoms with Gasteiger partial charge >= 0.3 is 5.97 Å². The summed E-state index contributed by atoms with van der Waals surface area (Å²) >= 11 is 0. The maximum atomic E-state index is 13.2. The molecule has 0 atom stereocenters. The molecule has 0 aliphatic carbocycles. The van der Waals surface area contributed by atoms with E-state index in [1.54, 1.807) is 30.3 Å². The van der Waals surface area contributed by atoms with Gasteiger partial charge in [0, 0.05) is 17.8 Å². The van der Waals surface area contributed by atoms with Crippen molar-refractivity contribution in [1.29, 1.82) is 0 Å². The Morgan fingerprint density at radius 2 is 2.10 bits per heavy atom. The molecule has 2 aromatic carbocycles. The van der Waals surface area contributed by atoms with E-state index in [1.807, 2.05) is 6.92 Å². The number of nitrogens with one attached hydrogen (secondary N) is 1. The number of benzene rings is 2. The Labute approximate surface area is 122 Å². The van der Waals surface area contributed by atoms with Crippen molar-refractivity contribution in [3.8, 4) is 5.75 Å². The average Bonchev–Trinajstić information content (AvgIpc) is 2.49. The van der Waals surface area contributed by atoms with Gasteiger partial charge in [-0.2, -0.15) is 0 Å². The lowest BCUT2D eigenvalue weighted by atomic mass is 10.1. The predicted molar refractivity (Wildman–Crippen MR) is 77.9 cm³/mol. The smallest absolute Gasteiger partial charge is 0.337 e. The molecule has 0 saturated heterocycles. The molecule has 2 rings (SSSR count). The van der Waals surface area contributed by atoms with Crippen LogP contribution in [-0.2, 0) is 11.3 Å². The van der Waals surface area contributed by atoms with Crippen molar-refractivity contribution >= 4 is 11.7 Å². The summed E-state index contributed by atoms with van der Waals surface area (Å²) in [6.45, 7) is 2.13. The van der Waals surface area contributed by atoms with Crippen LogP contribution < -0.4 is 5.32 Å². The van der Waals surface area contributed by atoms with Crippen molar-refractivity contribution in [2.24, 2.45) is 0 Å². The minimum absolute atomic E-state index is 0.280. The summed E-state index contributed by atoms with van der Waals surface area (Å²) in [6.07, 6.45) is 0. The minimum Gasteiger partial charge on any atom is -0.505 e. The van der Waals surface area contributed by atoms with E-state index in [0.717, 1.165) is 11.3 Å². The Morgan fingerprint density at radius 1 is 1.33 bits per heavy atom. The zero-order valence-electron chi connectivity index (χ0n) is 11.8. The number of methoxy groups -OCH3 is 1. The number of anilines is 1. The van der Waals surface area contributed by atoms with Crippen LogP contribution in [-0.4, -0.2) is 18.2 Å². The van der Waals surface area contributed by atoms with Gasteiger partial charge in [0.05, 0.1) is 12.7 Å². The lowest BCUT2D eigenvalue weighted by Gasteiger charge is -2.12. The van der Waals surface area contributed by atoms with E-state index in [2.05, 4.69) is 10.1 Å². The fraction of sp³-hybridized carbons (Fsp3) is 0.188. The fourth-order valence-corrected chi connectivity index (χ4v) is 2.00. The molecule has 4 nitrogen and oxygen atoms in total. The molecule has 0 saturated carbocycles. The molecule has 2 aromatic rings. The van der Waals surface area contributed by atoms with Gasteiger partial charge in [-0.25, -0.2) is 9.18 Å². The molecule has 110 valence electrons. The zero-order chi connectivity index (χ0) is 15.4. The number of para-hydroxylation sites is 1. The Hall–Kier alpha value is -2.56. The monoisotopic (exact) mass is 289 g/mol. The maximum absolute atomic E-state index is 13.2. The van der Waals surface area contributed by atoms with E-state index in [9.17, 15) is 14.3 Å². The number of rotatable bonds is 4. The van der Waals surface area contributed by atoms with Crippen LogP contribution in [0, 0.1) is 12.7 Å². The molecule has 0 aliphatic heterocycles. The second-order valence-corrected chi connectivity index (χ2v) is 4.62. The van der Waals surface area contributed by atoms with Gasteiger partial charge in [0.1, 0.15) is 0 Å². The standard InChI is InChI=1S/C16H16FNO3/c1-10-8-11(16(20)21-2)6-7-14(10)18-9-12-4-3-5-13(17)15(12)19/h3-8,18-19H,9H2,1-2H3. The minimum atomic E-state index is -0.646. The van der Waals surface area contributed by atoms with Crippen molar-refractivity contribution in [2.45, 2.75) is 13.5 Å². The normalized spacial score (nSPS) is 10.2. The quantitative estimate of drug-likeness (QED) is 0.848. The summed E-state index contributed by atoms with van der Waals surface area (Å²) in [5, 5.41) is 12.7. The van der Waals surface area contributed by atoms with Crippen LogP contribution in [0.4, 0.5) is 10.1 Å². The first-order valence-electron chi connectivity index (χ1n) is 6.42. The second kappa shape index (κ2) is 6.26. The van der Waals surface area contributed by atoms with Crippen molar-refractivity contribution < 1.29 is 19.0 Å². The van der Waals surface area contributed by atoms with Gasteiger partial charge in [-0.1, -0.05) is 12.1 Å². The fourth-order valence-electron chi connectivity index (χ4n) is 2.00. The molecule has 2 N–H and O–H groups in total. The third-order valence-electron chi connectivity index (χ3n) is 3.19. The van der Waals surface area contributed by atoms with Crippen LogP contribution in [0.1, 0.15) is 21.5 Å². The molecule has 0 spiro atoms. The predicted octanol–water partition coefficient (Wildman–Crippen LogP) is 3.24. The molecule has 5 heteroatoms. The molecule has 0 unspecified atom stereocenters. The molecule has 21 heavy (non-hydrogen) atoms. The molecule has 0 aliphatic rings. The van der Waals surface area contributed by atoms with Crippen molar-refractivity contribution in [1.82, 2.24) is 0 Å². The Kier molecular flexibility index (Phi) is 4.42. The molecular weight excluding hydrogens is 273 g/mol. The van der Waals surface area contributed by atoms with Crippen LogP contribution in [0.5, 0.6) is 5.75 Å². The number of aryl methyl sites for hydroxylation is 1. The number of carbonyl (C=O) groups excluding carboxylic acids is 1. The molecule has 0 radical (unpaired) electrons. The van der Waals surface area contributed by atoms with Gasteiger partial charge in [-0.15, -0.1) is 0 Å².